The number of para-hydroxylation sites is 1. The molecule has 1 N–H and O–H groups in total. The number of aromatic nitrogens is 4. The molecule has 0 spiro atoms. The first-order chi connectivity index (χ1) is 12.7. The van der Waals surface area contributed by atoms with Crippen molar-refractivity contribution in [1.29, 1.82) is 0 Å². The molecule has 0 aliphatic carbocycles. The Hall–Kier alpha value is -3.00. The van der Waals surface area contributed by atoms with E-state index in [4.69, 9.17) is 0 Å². The summed E-state index contributed by atoms with van der Waals surface area (Å²) in [7, 11) is 1.81. The van der Waals surface area contributed by atoms with E-state index in [1.165, 1.54) is 17.7 Å². The first kappa shape index (κ1) is 16.5. The quantitative estimate of drug-likeness (QED) is 0.781. The zero-order valence-corrected chi connectivity index (χ0v) is 14.7. The second-order valence-corrected chi connectivity index (χ2v) is 6.46. The zero-order chi connectivity index (χ0) is 17.9. The highest BCUT2D eigenvalue weighted by Gasteiger charge is 2.26. The van der Waals surface area contributed by atoms with Crippen LogP contribution in [-0.4, -0.2) is 62.8 Å². The fourth-order valence-electron chi connectivity index (χ4n) is 3.18. The number of likely N-dealkylation sites (tertiary alicyclic amines) is 1. The molecule has 0 saturated carbocycles. The summed E-state index contributed by atoms with van der Waals surface area (Å²) < 4.78 is 0. The van der Waals surface area contributed by atoms with E-state index in [1.54, 1.807) is 17.3 Å². The van der Waals surface area contributed by atoms with Crippen molar-refractivity contribution in [2.75, 3.05) is 31.7 Å². The van der Waals surface area contributed by atoms with Crippen LogP contribution in [0, 0.1) is 0 Å². The average molecular weight is 351 g/mol. The van der Waals surface area contributed by atoms with Crippen LogP contribution in [0.3, 0.4) is 0 Å². The van der Waals surface area contributed by atoms with Crippen LogP contribution < -0.4 is 4.90 Å². The van der Waals surface area contributed by atoms with Crippen LogP contribution in [-0.2, 0) is 0 Å². The Morgan fingerprint density at radius 1 is 1.19 bits per heavy atom. The van der Waals surface area contributed by atoms with Crippen LogP contribution in [0.5, 0.6) is 0 Å². The van der Waals surface area contributed by atoms with Crippen molar-refractivity contribution >= 4 is 28.7 Å². The monoisotopic (exact) mass is 351 g/mol. The van der Waals surface area contributed by atoms with E-state index in [1.807, 2.05) is 37.4 Å². The number of nitrogens with one attached hydrogen (secondary N) is 1. The Kier molecular flexibility index (Phi) is 4.49. The minimum absolute atomic E-state index is 0.165. The van der Waals surface area contributed by atoms with Crippen LogP contribution >= 0.6 is 0 Å². The second-order valence-electron chi connectivity index (χ2n) is 6.46. The van der Waals surface area contributed by atoms with Gasteiger partial charge in [0.15, 0.2) is 5.65 Å². The Bertz CT molecular complexity index is 889. The lowest BCUT2D eigenvalue weighted by atomic mass is 10.3. The highest BCUT2D eigenvalue weighted by atomic mass is 16.2. The summed E-state index contributed by atoms with van der Waals surface area (Å²) in [5.41, 5.74) is 1.33. The largest absolute Gasteiger partial charge is 0.332 e. The maximum Gasteiger partial charge on any atom is 0.332 e. The van der Waals surface area contributed by atoms with Crippen LogP contribution in [0.2, 0.25) is 0 Å². The van der Waals surface area contributed by atoms with Crippen LogP contribution in [0.15, 0.2) is 42.7 Å². The van der Waals surface area contributed by atoms with Crippen molar-refractivity contribution in [3.8, 4) is 0 Å². The fraction of sp³-hybridized carbons (Fsp3) is 0.333. The SMILES string of the molecule is CN(CN1CCCC1)C(=O)N(c1ccccc1)c1ncc2cn[nH]c2n1. The Balaban J connectivity index is 1.67. The molecule has 3 heterocycles. The fourth-order valence-corrected chi connectivity index (χ4v) is 3.18. The second kappa shape index (κ2) is 7.09. The van der Waals surface area contributed by atoms with E-state index in [-0.39, 0.29) is 6.03 Å². The molecule has 0 radical (unpaired) electrons. The van der Waals surface area contributed by atoms with Crippen molar-refractivity contribution < 1.29 is 4.79 Å². The van der Waals surface area contributed by atoms with E-state index in [0.29, 0.717) is 18.3 Å². The highest BCUT2D eigenvalue weighted by molar-refractivity contribution is 5.98. The van der Waals surface area contributed by atoms with Gasteiger partial charge in [0.25, 0.3) is 0 Å². The molecule has 0 unspecified atom stereocenters. The summed E-state index contributed by atoms with van der Waals surface area (Å²) in [6, 6.07) is 9.29. The molecule has 8 nitrogen and oxygen atoms in total. The molecule has 0 atom stereocenters. The number of hydrogen-bond acceptors (Lipinski definition) is 5. The highest BCUT2D eigenvalue weighted by Crippen LogP contribution is 2.24. The summed E-state index contributed by atoms with van der Waals surface area (Å²) >= 11 is 0. The number of H-pyrrole nitrogens is 1. The van der Waals surface area contributed by atoms with Crippen molar-refractivity contribution in [2.45, 2.75) is 12.8 Å². The standard InChI is InChI=1S/C18H21N7O/c1-23(13-24-9-5-6-10-24)18(26)25(15-7-3-2-4-8-15)17-19-11-14-12-20-22-16(14)21-17/h2-4,7-8,11-12H,5-6,9-10,13H2,1H3,(H,19,20,21,22). The van der Waals surface area contributed by atoms with Gasteiger partial charge in [-0.25, -0.2) is 14.7 Å². The molecule has 1 fully saturated rings. The molecule has 8 heteroatoms. The summed E-state index contributed by atoms with van der Waals surface area (Å²) in [5, 5.41) is 7.61. The summed E-state index contributed by atoms with van der Waals surface area (Å²) in [6.07, 6.45) is 5.70. The van der Waals surface area contributed by atoms with Crippen LogP contribution in [0.4, 0.5) is 16.4 Å². The number of benzene rings is 1. The lowest BCUT2D eigenvalue weighted by molar-refractivity contribution is 0.178. The molecule has 26 heavy (non-hydrogen) atoms. The molecule has 1 aromatic carbocycles. The van der Waals surface area contributed by atoms with Crippen LogP contribution in [0.25, 0.3) is 11.0 Å². The third-order valence-corrected chi connectivity index (χ3v) is 4.52. The van der Waals surface area contributed by atoms with Gasteiger partial charge in [0.2, 0.25) is 5.95 Å². The number of anilines is 2. The smallest absolute Gasteiger partial charge is 0.314 e. The van der Waals surface area contributed by atoms with Crippen LogP contribution in [0.1, 0.15) is 12.8 Å². The Morgan fingerprint density at radius 3 is 2.73 bits per heavy atom. The summed E-state index contributed by atoms with van der Waals surface area (Å²) in [4.78, 5) is 27.6. The summed E-state index contributed by atoms with van der Waals surface area (Å²) in [5.74, 6) is 0.325. The molecule has 0 bridgehead atoms. The van der Waals surface area contributed by atoms with E-state index in [9.17, 15) is 4.79 Å². The lowest BCUT2D eigenvalue weighted by Crippen LogP contribution is -2.44. The molecule has 3 aromatic rings. The molecule has 1 aliphatic heterocycles. The molecule has 2 aromatic heterocycles. The van der Waals surface area contributed by atoms with Gasteiger partial charge in [0.05, 0.1) is 23.9 Å². The number of hydrogen-bond donors (Lipinski definition) is 1. The Morgan fingerprint density at radius 2 is 1.96 bits per heavy atom. The normalized spacial score (nSPS) is 14.7. The minimum Gasteiger partial charge on any atom is -0.314 e. The van der Waals surface area contributed by atoms with Gasteiger partial charge in [-0.3, -0.25) is 10.00 Å². The number of carbonyl (C=O) groups is 1. The molecule has 134 valence electrons. The number of carbonyl (C=O) groups excluding carboxylic acids is 1. The molecule has 1 saturated heterocycles. The van der Waals surface area contributed by atoms with Gasteiger partial charge in [0.1, 0.15) is 0 Å². The van der Waals surface area contributed by atoms with Gasteiger partial charge in [-0.2, -0.15) is 10.1 Å². The van der Waals surface area contributed by atoms with E-state index in [0.717, 1.165) is 24.2 Å². The number of aromatic amines is 1. The molecule has 1 aliphatic rings. The number of rotatable bonds is 4. The average Bonchev–Trinajstić information content (AvgIpc) is 3.34. The van der Waals surface area contributed by atoms with E-state index >= 15 is 0 Å². The maximum absolute atomic E-state index is 13.2. The third-order valence-electron chi connectivity index (χ3n) is 4.52. The maximum atomic E-state index is 13.2. The first-order valence-electron chi connectivity index (χ1n) is 8.71. The predicted octanol–water partition coefficient (Wildman–Crippen LogP) is 2.60. The molecular formula is C18H21N7O. The van der Waals surface area contributed by atoms with E-state index in [2.05, 4.69) is 25.1 Å². The number of nitrogens with zero attached hydrogens (tertiary/aromatic N) is 6. The number of amides is 2. The molecular weight excluding hydrogens is 330 g/mol. The lowest BCUT2D eigenvalue weighted by Gasteiger charge is -2.29. The van der Waals surface area contributed by atoms with Gasteiger partial charge in [-0.05, 0) is 38.1 Å². The van der Waals surface area contributed by atoms with Gasteiger partial charge in [0, 0.05) is 13.2 Å². The van der Waals surface area contributed by atoms with Crippen molar-refractivity contribution in [3.05, 3.63) is 42.7 Å². The predicted molar refractivity (Wildman–Crippen MR) is 99.1 cm³/mol. The van der Waals surface area contributed by atoms with Crippen molar-refractivity contribution in [2.24, 2.45) is 0 Å². The minimum atomic E-state index is -0.165. The third kappa shape index (κ3) is 3.23. The van der Waals surface area contributed by atoms with E-state index < -0.39 is 0 Å². The molecule has 2 amide bonds. The Labute approximate surface area is 151 Å². The molecule has 4 rings (SSSR count). The van der Waals surface area contributed by atoms with Crippen molar-refractivity contribution in [3.63, 3.8) is 0 Å². The first-order valence-corrected chi connectivity index (χ1v) is 8.71. The zero-order valence-electron chi connectivity index (χ0n) is 14.7. The topological polar surface area (TPSA) is 81.2 Å². The van der Waals surface area contributed by atoms with Gasteiger partial charge in [-0.15, -0.1) is 0 Å². The van der Waals surface area contributed by atoms with Gasteiger partial charge < -0.3 is 4.90 Å². The van der Waals surface area contributed by atoms with Gasteiger partial charge >= 0.3 is 6.03 Å². The van der Waals surface area contributed by atoms with Gasteiger partial charge in [-0.1, -0.05) is 18.2 Å². The number of urea groups is 1. The summed E-state index contributed by atoms with van der Waals surface area (Å²) in [6.45, 7) is 2.65. The number of fused-ring (bicyclic) bond motifs is 1. The van der Waals surface area contributed by atoms with Crippen molar-refractivity contribution in [1.82, 2.24) is 30.0 Å².